The smallest absolute Gasteiger partial charge is 0.289 e. The van der Waals surface area contributed by atoms with Crippen LogP contribution in [0.25, 0.3) is 0 Å². The van der Waals surface area contributed by atoms with E-state index >= 15 is 0 Å². The van der Waals surface area contributed by atoms with Crippen LogP contribution in [0.4, 0.5) is 26.2 Å². The molecule has 7 nitrogen and oxygen atoms in total. The molecule has 0 aliphatic carbocycles. The Kier molecular flexibility index (Phi) is 4.88. The molecule has 0 saturated carbocycles. The highest BCUT2D eigenvalue weighted by atomic mass is 19.1. The van der Waals surface area contributed by atoms with Gasteiger partial charge in [-0.15, -0.1) is 0 Å². The second-order valence-corrected chi connectivity index (χ2v) is 6.25. The van der Waals surface area contributed by atoms with Gasteiger partial charge in [-0.2, -0.15) is 4.98 Å². The summed E-state index contributed by atoms with van der Waals surface area (Å²) in [6.07, 6.45) is 3.03. The van der Waals surface area contributed by atoms with Crippen LogP contribution in [0, 0.1) is 11.6 Å². The quantitative estimate of drug-likeness (QED) is 0.744. The molecule has 0 spiro atoms. The topological polar surface area (TPSA) is 74.5 Å². The summed E-state index contributed by atoms with van der Waals surface area (Å²) >= 11 is 0. The summed E-state index contributed by atoms with van der Waals surface area (Å²) in [6.45, 7) is 2.13. The number of nitrogens with one attached hydrogen (secondary N) is 1. The van der Waals surface area contributed by atoms with Gasteiger partial charge in [0.05, 0.1) is 12.0 Å². The fourth-order valence-electron chi connectivity index (χ4n) is 2.96. The van der Waals surface area contributed by atoms with Crippen LogP contribution in [0.15, 0.2) is 53.3 Å². The second kappa shape index (κ2) is 7.63. The second-order valence-electron chi connectivity index (χ2n) is 6.25. The number of carbonyl (C=O) groups excluding carboxylic acids is 1. The molecule has 4 rings (SSSR count). The molecule has 1 fully saturated rings. The van der Waals surface area contributed by atoms with E-state index in [2.05, 4.69) is 15.3 Å². The SMILES string of the molecule is O=C(c1ccco1)N1CCN(c2nccc(Nc3ccc(F)cc3F)n2)CC1. The predicted molar refractivity (Wildman–Crippen MR) is 98.5 cm³/mol. The van der Waals surface area contributed by atoms with Gasteiger partial charge in [-0.3, -0.25) is 4.79 Å². The first kappa shape index (κ1) is 17.9. The highest BCUT2D eigenvalue weighted by Crippen LogP contribution is 2.21. The van der Waals surface area contributed by atoms with E-state index in [0.29, 0.717) is 43.7 Å². The minimum atomic E-state index is -0.704. The summed E-state index contributed by atoms with van der Waals surface area (Å²) in [4.78, 5) is 24.6. The third-order valence-corrected chi connectivity index (χ3v) is 4.42. The number of benzene rings is 1. The molecule has 1 amide bonds. The van der Waals surface area contributed by atoms with E-state index in [1.165, 1.54) is 18.4 Å². The highest BCUT2D eigenvalue weighted by Gasteiger charge is 2.25. The Labute approximate surface area is 159 Å². The molecule has 1 aliphatic heterocycles. The van der Waals surface area contributed by atoms with E-state index < -0.39 is 11.6 Å². The highest BCUT2D eigenvalue weighted by molar-refractivity contribution is 5.91. The molecule has 2 aromatic heterocycles. The molecule has 144 valence electrons. The summed E-state index contributed by atoms with van der Waals surface area (Å²) in [6, 6.07) is 8.21. The van der Waals surface area contributed by atoms with Crippen LogP contribution in [-0.2, 0) is 0 Å². The largest absolute Gasteiger partial charge is 0.459 e. The summed E-state index contributed by atoms with van der Waals surface area (Å²) in [5.74, 6) is -0.314. The van der Waals surface area contributed by atoms with Crippen LogP contribution in [0.5, 0.6) is 0 Å². The van der Waals surface area contributed by atoms with Crippen molar-refractivity contribution in [2.24, 2.45) is 0 Å². The zero-order valence-corrected chi connectivity index (χ0v) is 14.8. The molecule has 0 bridgehead atoms. The van der Waals surface area contributed by atoms with Crippen molar-refractivity contribution in [3.8, 4) is 0 Å². The monoisotopic (exact) mass is 385 g/mol. The number of anilines is 3. The molecule has 9 heteroatoms. The van der Waals surface area contributed by atoms with E-state index in [1.807, 2.05) is 4.90 Å². The lowest BCUT2D eigenvalue weighted by molar-refractivity contribution is 0.0714. The number of nitrogens with zero attached hydrogens (tertiary/aromatic N) is 4. The molecular formula is C19H17F2N5O2. The fraction of sp³-hybridized carbons (Fsp3) is 0.211. The van der Waals surface area contributed by atoms with Crippen LogP contribution in [0.1, 0.15) is 10.6 Å². The first-order valence-corrected chi connectivity index (χ1v) is 8.73. The zero-order valence-electron chi connectivity index (χ0n) is 14.8. The van der Waals surface area contributed by atoms with Crippen molar-refractivity contribution in [1.82, 2.24) is 14.9 Å². The van der Waals surface area contributed by atoms with Gasteiger partial charge >= 0.3 is 0 Å². The van der Waals surface area contributed by atoms with Gasteiger partial charge in [-0.05, 0) is 30.3 Å². The predicted octanol–water partition coefficient (Wildman–Crippen LogP) is 3.05. The molecule has 3 heterocycles. The average Bonchev–Trinajstić information content (AvgIpc) is 3.25. The van der Waals surface area contributed by atoms with Crippen LogP contribution in [-0.4, -0.2) is 47.0 Å². The maximum atomic E-state index is 13.8. The van der Waals surface area contributed by atoms with Crippen molar-refractivity contribution in [2.75, 3.05) is 36.4 Å². The first-order valence-electron chi connectivity index (χ1n) is 8.73. The molecule has 1 aliphatic rings. The summed E-state index contributed by atoms with van der Waals surface area (Å²) in [7, 11) is 0. The minimum absolute atomic E-state index is 0.125. The first-order chi connectivity index (χ1) is 13.6. The number of hydrogen-bond acceptors (Lipinski definition) is 6. The Morgan fingerprint density at radius 2 is 1.93 bits per heavy atom. The Bertz CT molecular complexity index is 972. The lowest BCUT2D eigenvalue weighted by Gasteiger charge is -2.34. The van der Waals surface area contributed by atoms with Crippen LogP contribution in [0.3, 0.4) is 0 Å². The molecule has 1 N–H and O–H groups in total. The lowest BCUT2D eigenvalue weighted by atomic mass is 10.3. The van der Waals surface area contributed by atoms with Crippen molar-refractivity contribution < 1.29 is 18.0 Å². The van der Waals surface area contributed by atoms with Gasteiger partial charge in [-0.1, -0.05) is 0 Å². The number of piperazine rings is 1. The number of aromatic nitrogens is 2. The molecule has 1 aromatic carbocycles. The summed E-state index contributed by atoms with van der Waals surface area (Å²) in [5.41, 5.74) is 0.125. The third-order valence-electron chi connectivity index (χ3n) is 4.42. The molecule has 1 saturated heterocycles. The van der Waals surface area contributed by atoms with E-state index in [9.17, 15) is 13.6 Å². The lowest BCUT2D eigenvalue weighted by Crippen LogP contribution is -2.49. The van der Waals surface area contributed by atoms with Gasteiger partial charge in [0.1, 0.15) is 17.5 Å². The van der Waals surface area contributed by atoms with Gasteiger partial charge in [0.25, 0.3) is 5.91 Å². The molecule has 0 atom stereocenters. The number of amides is 1. The summed E-state index contributed by atoms with van der Waals surface area (Å²) in [5, 5.41) is 2.83. The molecule has 0 unspecified atom stereocenters. The van der Waals surface area contributed by atoms with Gasteiger partial charge in [0.2, 0.25) is 5.95 Å². The van der Waals surface area contributed by atoms with Crippen molar-refractivity contribution in [1.29, 1.82) is 0 Å². The van der Waals surface area contributed by atoms with E-state index in [0.717, 1.165) is 6.07 Å². The number of carbonyl (C=O) groups is 1. The van der Waals surface area contributed by atoms with Crippen LogP contribution < -0.4 is 10.2 Å². The van der Waals surface area contributed by atoms with Gasteiger partial charge in [0.15, 0.2) is 5.76 Å². The summed E-state index contributed by atoms with van der Waals surface area (Å²) < 4.78 is 32.0. The van der Waals surface area contributed by atoms with Gasteiger partial charge < -0.3 is 19.5 Å². The van der Waals surface area contributed by atoms with Crippen molar-refractivity contribution in [3.05, 3.63) is 66.3 Å². The molecular weight excluding hydrogens is 368 g/mol. The van der Waals surface area contributed by atoms with Crippen molar-refractivity contribution >= 4 is 23.4 Å². The average molecular weight is 385 g/mol. The number of rotatable bonds is 4. The van der Waals surface area contributed by atoms with Crippen molar-refractivity contribution in [2.45, 2.75) is 0 Å². The molecule has 3 aromatic rings. The third kappa shape index (κ3) is 3.78. The maximum Gasteiger partial charge on any atom is 0.289 e. The standard InChI is InChI=1S/C19H17F2N5O2/c20-13-3-4-15(14(21)12-13)23-17-5-6-22-19(24-17)26-9-7-25(8-10-26)18(27)16-2-1-11-28-16/h1-6,11-12H,7-10H2,(H,22,23,24). The maximum absolute atomic E-state index is 13.8. The van der Waals surface area contributed by atoms with Gasteiger partial charge in [-0.25, -0.2) is 13.8 Å². The van der Waals surface area contributed by atoms with Gasteiger partial charge in [0, 0.05) is 38.4 Å². The van der Waals surface area contributed by atoms with E-state index in [-0.39, 0.29) is 11.6 Å². The molecule has 0 radical (unpaired) electrons. The van der Waals surface area contributed by atoms with Crippen molar-refractivity contribution in [3.63, 3.8) is 0 Å². The Morgan fingerprint density at radius 3 is 2.64 bits per heavy atom. The zero-order chi connectivity index (χ0) is 19.5. The molecule has 28 heavy (non-hydrogen) atoms. The Hall–Kier alpha value is -3.49. The van der Waals surface area contributed by atoms with E-state index in [1.54, 1.807) is 29.3 Å². The number of furan rings is 1. The number of halogens is 2. The Balaban J connectivity index is 1.42. The fourth-order valence-corrected chi connectivity index (χ4v) is 2.96. The van der Waals surface area contributed by atoms with Crippen LogP contribution >= 0.6 is 0 Å². The number of hydrogen-bond donors (Lipinski definition) is 1. The minimum Gasteiger partial charge on any atom is -0.459 e. The normalized spacial score (nSPS) is 14.2. The Morgan fingerprint density at radius 1 is 1.11 bits per heavy atom. The van der Waals surface area contributed by atoms with E-state index in [4.69, 9.17) is 4.42 Å². The van der Waals surface area contributed by atoms with Crippen LogP contribution in [0.2, 0.25) is 0 Å².